The summed E-state index contributed by atoms with van der Waals surface area (Å²) >= 11 is 6.03. The smallest absolute Gasteiger partial charge is 0.246 e. The molecule has 1 fully saturated rings. The second-order valence-corrected chi connectivity index (χ2v) is 6.19. The Kier molecular flexibility index (Phi) is 5.99. The van der Waals surface area contributed by atoms with Crippen molar-refractivity contribution >= 4 is 23.4 Å². The van der Waals surface area contributed by atoms with Gasteiger partial charge in [0.1, 0.15) is 0 Å². The van der Waals surface area contributed by atoms with Crippen LogP contribution in [0.2, 0.25) is 5.02 Å². The number of nitrogens with zero attached hydrogens (tertiary/aromatic N) is 3. The van der Waals surface area contributed by atoms with Crippen molar-refractivity contribution in [3.05, 3.63) is 46.5 Å². The minimum absolute atomic E-state index is 0.0391. The molecule has 0 radical (unpaired) electrons. The Labute approximate surface area is 147 Å². The minimum atomic E-state index is -0.0996. The van der Waals surface area contributed by atoms with E-state index in [0.29, 0.717) is 49.6 Å². The molecule has 0 saturated carbocycles. The molecule has 0 aliphatic carbocycles. The van der Waals surface area contributed by atoms with Crippen LogP contribution in [-0.4, -0.2) is 47.8 Å². The quantitative estimate of drug-likeness (QED) is 0.786. The van der Waals surface area contributed by atoms with E-state index in [2.05, 4.69) is 12.6 Å². The molecule has 2 amide bonds. The highest BCUT2D eigenvalue weighted by Crippen LogP contribution is 2.22. The summed E-state index contributed by atoms with van der Waals surface area (Å²) in [6.45, 7) is 7.47. The Morgan fingerprint density at radius 1 is 1.29 bits per heavy atom. The third-order valence-corrected chi connectivity index (χ3v) is 4.64. The second-order valence-electron chi connectivity index (χ2n) is 5.78. The number of halogens is 1. The molecule has 5 nitrogen and oxygen atoms in total. The van der Waals surface area contributed by atoms with Gasteiger partial charge >= 0.3 is 0 Å². The van der Waals surface area contributed by atoms with E-state index in [1.807, 2.05) is 13.0 Å². The lowest BCUT2D eigenvalue weighted by Gasteiger charge is -2.34. The Hall–Kier alpha value is -2.32. The molecule has 0 unspecified atom stereocenters. The zero-order chi connectivity index (χ0) is 17.7. The van der Waals surface area contributed by atoms with Crippen molar-refractivity contribution in [2.24, 2.45) is 0 Å². The molecule has 1 heterocycles. The molecule has 1 saturated heterocycles. The summed E-state index contributed by atoms with van der Waals surface area (Å²) < 4.78 is 0. The molecule has 0 atom stereocenters. The van der Waals surface area contributed by atoms with Crippen LogP contribution in [0.25, 0.3) is 0 Å². The molecule has 0 N–H and O–H groups in total. The van der Waals surface area contributed by atoms with Gasteiger partial charge in [0.05, 0.1) is 11.6 Å². The van der Waals surface area contributed by atoms with Crippen LogP contribution in [0.4, 0.5) is 0 Å². The van der Waals surface area contributed by atoms with Crippen LogP contribution in [-0.2, 0) is 16.0 Å². The Morgan fingerprint density at radius 3 is 2.50 bits per heavy atom. The lowest BCUT2D eigenvalue weighted by Crippen LogP contribution is -2.50. The predicted molar refractivity (Wildman–Crippen MR) is 92.6 cm³/mol. The molecule has 1 aliphatic heterocycles. The molecule has 0 bridgehead atoms. The van der Waals surface area contributed by atoms with Crippen LogP contribution in [0.15, 0.2) is 24.8 Å². The molecule has 2 rings (SSSR count). The molecule has 0 aromatic heterocycles. The van der Waals surface area contributed by atoms with Crippen molar-refractivity contribution < 1.29 is 9.59 Å². The monoisotopic (exact) mass is 345 g/mol. The molecule has 126 valence electrons. The average molecular weight is 346 g/mol. The van der Waals surface area contributed by atoms with Gasteiger partial charge in [-0.25, -0.2) is 0 Å². The summed E-state index contributed by atoms with van der Waals surface area (Å²) in [5.74, 6) is -0.0606. The van der Waals surface area contributed by atoms with E-state index in [4.69, 9.17) is 11.6 Å². The number of aryl methyl sites for hydroxylation is 2. The van der Waals surface area contributed by atoms with E-state index in [9.17, 15) is 14.9 Å². The van der Waals surface area contributed by atoms with Crippen molar-refractivity contribution in [1.29, 1.82) is 5.26 Å². The van der Waals surface area contributed by atoms with E-state index in [0.717, 1.165) is 11.1 Å². The summed E-state index contributed by atoms with van der Waals surface area (Å²) in [5.41, 5.74) is 2.25. The zero-order valence-corrected chi connectivity index (χ0v) is 14.5. The maximum atomic E-state index is 12.4. The zero-order valence-electron chi connectivity index (χ0n) is 13.7. The van der Waals surface area contributed by atoms with Crippen molar-refractivity contribution in [2.45, 2.75) is 19.8 Å². The van der Waals surface area contributed by atoms with E-state index in [1.54, 1.807) is 15.9 Å². The van der Waals surface area contributed by atoms with Gasteiger partial charge in [-0.15, -0.1) is 0 Å². The number of carbonyl (C=O) groups excluding carboxylic acids is 2. The fourth-order valence-electron chi connectivity index (χ4n) is 2.76. The highest BCUT2D eigenvalue weighted by atomic mass is 35.5. The fourth-order valence-corrected chi connectivity index (χ4v) is 2.92. The molecule has 1 aromatic carbocycles. The number of nitriles is 1. The summed E-state index contributed by atoms with van der Waals surface area (Å²) in [7, 11) is 0. The largest absolute Gasteiger partial charge is 0.339 e. The van der Waals surface area contributed by atoms with Gasteiger partial charge in [0.25, 0.3) is 0 Å². The third kappa shape index (κ3) is 4.15. The highest BCUT2D eigenvalue weighted by molar-refractivity contribution is 6.31. The Bertz CT molecular complexity index is 701. The first-order valence-corrected chi connectivity index (χ1v) is 8.22. The van der Waals surface area contributed by atoms with Gasteiger partial charge in [-0.3, -0.25) is 9.59 Å². The van der Waals surface area contributed by atoms with E-state index < -0.39 is 0 Å². The number of benzene rings is 1. The van der Waals surface area contributed by atoms with Gasteiger partial charge in [0.15, 0.2) is 0 Å². The van der Waals surface area contributed by atoms with Crippen LogP contribution < -0.4 is 0 Å². The van der Waals surface area contributed by atoms with Gasteiger partial charge in [0, 0.05) is 37.6 Å². The van der Waals surface area contributed by atoms with E-state index in [1.165, 1.54) is 6.08 Å². The predicted octanol–water partition coefficient (Wildman–Crippen LogP) is 2.31. The molecule has 1 aliphatic rings. The molecule has 1 aromatic rings. The number of piperazine rings is 1. The SMILES string of the molecule is C=CC(=O)N1CCN(C(=O)CCc2cc(C)c(Cl)cc2C#N)CC1. The van der Waals surface area contributed by atoms with Gasteiger partial charge < -0.3 is 9.80 Å². The molecule has 24 heavy (non-hydrogen) atoms. The standard InChI is InChI=1S/C18H20ClN3O2/c1-3-17(23)21-6-8-22(9-7-21)18(24)5-4-14-10-13(2)16(19)11-15(14)12-20/h3,10-11H,1,4-9H2,2H3. The topological polar surface area (TPSA) is 64.4 Å². The Morgan fingerprint density at radius 2 is 1.92 bits per heavy atom. The number of carbonyl (C=O) groups is 2. The van der Waals surface area contributed by atoms with Crippen LogP contribution in [0.1, 0.15) is 23.1 Å². The summed E-state index contributed by atoms with van der Waals surface area (Å²) in [6, 6.07) is 5.65. The van der Waals surface area contributed by atoms with Crippen LogP contribution in [0.3, 0.4) is 0 Å². The number of rotatable bonds is 4. The first-order chi connectivity index (χ1) is 11.5. The molecule has 0 spiro atoms. The third-order valence-electron chi connectivity index (χ3n) is 4.23. The summed E-state index contributed by atoms with van der Waals surface area (Å²) in [5, 5.41) is 9.76. The minimum Gasteiger partial charge on any atom is -0.339 e. The van der Waals surface area contributed by atoms with Crippen molar-refractivity contribution in [2.75, 3.05) is 26.2 Å². The summed E-state index contributed by atoms with van der Waals surface area (Å²) in [6.07, 6.45) is 2.14. The van der Waals surface area contributed by atoms with E-state index in [-0.39, 0.29) is 11.8 Å². The fraction of sp³-hybridized carbons (Fsp3) is 0.389. The van der Waals surface area contributed by atoms with Crippen molar-refractivity contribution in [3.63, 3.8) is 0 Å². The lowest BCUT2D eigenvalue weighted by atomic mass is 10.0. The van der Waals surface area contributed by atoms with Crippen LogP contribution in [0.5, 0.6) is 0 Å². The first kappa shape index (κ1) is 18.0. The molecular formula is C18H20ClN3O2. The maximum absolute atomic E-state index is 12.4. The number of amides is 2. The Balaban J connectivity index is 1.93. The van der Waals surface area contributed by atoms with Crippen LogP contribution in [0, 0.1) is 18.3 Å². The molecular weight excluding hydrogens is 326 g/mol. The number of hydrogen-bond donors (Lipinski definition) is 0. The lowest BCUT2D eigenvalue weighted by molar-refractivity contribution is -0.137. The van der Waals surface area contributed by atoms with Gasteiger partial charge in [-0.05, 0) is 36.6 Å². The first-order valence-electron chi connectivity index (χ1n) is 7.84. The van der Waals surface area contributed by atoms with Crippen molar-refractivity contribution in [3.8, 4) is 6.07 Å². The van der Waals surface area contributed by atoms with Gasteiger partial charge in [-0.2, -0.15) is 5.26 Å². The van der Waals surface area contributed by atoms with E-state index >= 15 is 0 Å². The number of hydrogen-bond acceptors (Lipinski definition) is 3. The summed E-state index contributed by atoms with van der Waals surface area (Å²) in [4.78, 5) is 27.4. The van der Waals surface area contributed by atoms with Gasteiger partial charge in [0.2, 0.25) is 11.8 Å². The van der Waals surface area contributed by atoms with Gasteiger partial charge in [-0.1, -0.05) is 24.2 Å². The van der Waals surface area contributed by atoms with Crippen molar-refractivity contribution in [1.82, 2.24) is 9.80 Å². The molecule has 6 heteroatoms. The van der Waals surface area contributed by atoms with Crippen LogP contribution >= 0.6 is 11.6 Å². The average Bonchev–Trinajstić information content (AvgIpc) is 2.61. The normalized spacial score (nSPS) is 14.2. The highest BCUT2D eigenvalue weighted by Gasteiger charge is 2.22. The second kappa shape index (κ2) is 7.98. The maximum Gasteiger partial charge on any atom is 0.246 e.